The first kappa shape index (κ1) is 15.5. The number of amides is 1. The maximum absolute atomic E-state index is 12.3. The summed E-state index contributed by atoms with van der Waals surface area (Å²) >= 11 is 0. The normalized spacial score (nSPS) is 15.9. The number of hydrazine groups is 1. The highest BCUT2D eigenvalue weighted by atomic mass is 16.2. The van der Waals surface area contributed by atoms with E-state index in [2.05, 4.69) is 27.6 Å². The van der Waals surface area contributed by atoms with Crippen LogP contribution < -0.4 is 16.6 Å². The third kappa shape index (κ3) is 4.04. The lowest BCUT2D eigenvalue weighted by Gasteiger charge is -2.21. The quantitative estimate of drug-likeness (QED) is 0.537. The zero-order chi connectivity index (χ0) is 15.2. The van der Waals surface area contributed by atoms with Crippen LogP contribution in [0.4, 0.5) is 11.6 Å². The highest BCUT2D eigenvalue weighted by molar-refractivity contribution is 5.84. The third-order valence-electron chi connectivity index (χ3n) is 3.55. The molecule has 1 saturated heterocycles. The van der Waals surface area contributed by atoms with Crippen molar-refractivity contribution < 1.29 is 4.79 Å². The van der Waals surface area contributed by atoms with Crippen LogP contribution in [-0.2, 0) is 11.2 Å². The van der Waals surface area contributed by atoms with Gasteiger partial charge in [0.25, 0.3) is 0 Å². The van der Waals surface area contributed by atoms with Crippen molar-refractivity contribution in [1.29, 1.82) is 0 Å². The van der Waals surface area contributed by atoms with Crippen molar-refractivity contribution in [2.75, 3.05) is 23.8 Å². The number of rotatable bonds is 6. The predicted molar refractivity (Wildman–Crippen MR) is 82.7 cm³/mol. The van der Waals surface area contributed by atoms with E-state index in [-0.39, 0.29) is 11.9 Å². The summed E-state index contributed by atoms with van der Waals surface area (Å²) in [6.45, 7) is 5.63. The highest BCUT2D eigenvalue weighted by Crippen LogP contribution is 2.15. The third-order valence-corrected chi connectivity index (χ3v) is 3.55. The number of carbonyl (C=O) groups is 1. The molecule has 1 atom stereocenters. The van der Waals surface area contributed by atoms with Crippen LogP contribution in [0.5, 0.6) is 0 Å². The predicted octanol–water partition coefficient (Wildman–Crippen LogP) is 1.14. The Morgan fingerprint density at radius 3 is 2.67 bits per heavy atom. The van der Waals surface area contributed by atoms with Gasteiger partial charge >= 0.3 is 0 Å². The van der Waals surface area contributed by atoms with Gasteiger partial charge in [-0.25, -0.2) is 15.8 Å². The Bertz CT molecular complexity index is 486. The molecule has 0 saturated carbocycles. The molecule has 0 bridgehead atoms. The molecule has 7 heteroatoms. The van der Waals surface area contributed by atoms with E-state index in [0.29, 0.717) is 11.6 Å². The number of aryl methyl sites for hydroxylation is 1. The van der Waals surface area contributed by atoms with Crippen LogP contribution in [0.25, 0.3) is 0 Å². The summed E-state index contributed by atoms with van der Waals surface area (Å²) in [4.78, 5) is 22.9. The van der Waals surface area contributed by atoms with Crippen LogP contribution in [0.2, 0.25) is 0 Å². The molecule has 1 aliphatic heterocycles. The molecule has 116 valence electrons. The lowest BCUT2D eigenvalue weighted by Crippen LogP contribution is -2.39. The first-order chi connectivity index (χ1) is 10.1. The van der Waals surface area contributed by atoms with Crippen LogP contribution in [0.1, 0.15) is 38.9 Å². The van der Waals surface area contributed by atoms with Crippen molar-refractivity contribution in [3.63, 3.8) is 0 Å². The minimum absolute atomic E-state index is 0.116. The molecule has 0 radical (unpaired) electrons. The SMILES string of the molecule is CCCc1nc(NN)cc(NC(C)C(=O)N2CCCC2)n1. The van der Waals surface area contributed by atoms with E-state index < -0.39 is 0 Å². The van der Waals surface area contributed by atoms with Crippen molar-refractivity contribution in [1.82, 2.24) is 14.9 Å². The molecule has 1 amide bonds. The lowest BCUT2D eigenvalue weighted by molar-refractivity contribution is -0.130. The second-order valence-electron chi connectivity index (χ2n) is 5.35. The van der Waals surface area contributed by atoms with E-state index in [4.69, 9.17) is 5.84 Å². The number of nitrogens with two attached hydrogens (primary N) is 1. The molecular weight excluding hydrogens is 268 g/mol. The number of likely N-dealkylation sites (tertiary alicyclic amines) is 1. The number of aromatic nitrogens is 2. The number of hydrogen-bond donors (Lipinski definition) is 3. The molecule has 21 heavy (non-hydrogen) atoms. The average molecular weight is 292 g/mol. The monoisotopic (exact) mass is 292 g/mol. The second kappa shape index (κ2) is 7.21. The van der Waals surface area contributed by atoms with Crippen molar-refractivity contribution >= 4 is 17.5 Å². The van der Waals surface area contributed by atoms with Gasteiger partial charge < -0.3 is 15.6 Å². The molecule has 1 fully saturated rings. The molecule has 0 spiro atoms. The Morgan fingerprint density at radius 2 is 2.05 bits per heavy atom. The van der Waals surface area contributed by atoms with Gasteiger partial charge in [-0.15, -0.1) is 0 Å². The summed E-state index contributed by atoms with van der Waals surface area (Å²) in [6.07, 6.45) is 3.91. The molecule has 1 aromatic rings. The van der Waals surface area contributed by atoms with Crippen LogP contribution in [0.3, 0.4) is 0 Å². The van der Waals surface area contributed by atoms with Gasteiger partial charge in [-0.3, -0.25) is 4.79 Å². The van der Waals surface area contributed by atoms with E-state index >= 15 is 0 Å². The van der Waals surface area contributed by atoms with Gasteiger partial charge in [0, 0.05) is 25.6 Å². The minimum atomic E-state index is -0.307. The molecule has 2 heterocycles. The highest BCUT2D eigenvalue weighted by Gasteiger charge is 2.23. The van der Waals surface area contributed by atoms with Crippen molar-refractivity contribution in [2.45, 2.75) is 45.6 Å². The van der Waals surface area contributed by atoms with E-state index in [9.17, 15) is 4.79 Å². The zero-order valence-electron chi connectivity index (χ0n) is 12.7. The summed E-state index contributed by atoms with van der Waals surface area (Å²) in [5.41, 5.74) is 2.54. The van der Waals surface area contributed by atoms with E-state index in [0.717, 1.165) is 44.6 Å². The Hall–Kier alpha value is -1.89. The Kier molecular flexibility index (Phi) is 5.32. The fourth-order valence-corrected chi connectivity index (χ4v) is 2.48. The average Bonchev–Trinajstić information content (AvgIpc) is 3.00. The zero-order valence-corrected chi connectivity index (χ0v) is 12.7. The van der Waals surface area contributed by atoms with Crippen molar-refractivity contribution in [3.8, 4) is 0 Å². The fraction of sp³-hybridized carbons (Fsp3) is 0.643. The maximum Gasteiger partial charge on any atom is 0.244 e. The van der Waals surface area contributed by atoms with Gasteiger partial charge in [-0.1, -0.05) is 6.92 Å². The standard InChI is InChI=1S/C14H24N6O/c1-3-6-11-17-12(9-13(18-11)19-15)16-10(2)14(21)20-7-4-5-8-20/h9-10H,3-8,15H2,1-2H3,(H2,16,17,18,19). The number of anilines is 2. The van der Waals surface area contributed by atoms with Crippen LogP contribution in [0, 0.1) is 0 Å². The molecule has 1 aromatic heterocycles. The van der Waals surface area contributed by atoms with E-state index in [1.807, 2.05) is 11.8 Å². The van der Waals surface area contributed by atoms with Gasteiger partial charge in [-0.2, -0.15) is 0 Å². The van der Waals surface area contributed by atoms with Crippen molar-refractivity contribution in [2.24, 2.45) is 5.84 Å². The van der Waals surface area contributed by atoms with Gasteiger partial charge in [0.15, 0.2) is 0 Å². The van der Waals surface area contributed by atoms with Gasteiger partial charge in [-0.05, 0) is 26.2 Å². The first-order valence-electron chi connectivity index (χ1n) is 7.54. The number of hydrogen-bond acceptors (Lipinski definition) is 6. The summed E-state index contributed by atoms with van der Waals surface area (Å²) < 4.78 is 0. The summed E-state index contributed by atoms with van der Waals surface area (Å²) in [7, 11) is 0. The minimum Gasteiger partial charge on any atom is -0.358 e. The molecule has 1 unspecified atom stereocenters. The summed E-state index contributed by atoms with van der Waals surface area (Å²) in [5.74, 6) is 7.44. The van der Waals surface area contributed by atoms with Gasteiger partial charge in [0.2, 0.25) is 5.91 Å². The number of nitrogens with one attached hydrogen (secondary N) is 2. The molecule has 7 nitrogen and oxygen atoms in total. The number of carbonyl (C=O) groups excluding carboxylic acids is 1. The molecule has 1 aliphatic rings. The number of nitrogens with zero attached hydrogens (tertiary/aromatic N) is 3. The Morgan fingerprint density at radius 1 is 1.38 bits per heavy atom. The van der Waals surface area contributed by atoms with E-state index in [1.165, 1.54) is 0 Å². The Balaban J connectivity index is 2.06. The largest absolute Gasteiger partial charge is 0.358 e. The van der Waals surface area contributed by atoms with E-state index in [1.54, 1.807) is 6.07 Å². The first-order valence-corrected chi connectivity index (χ1v) is 7.54. The molecule has 2 rings (SSSR count). The summed E-state index contributed by atoms with van der Waals surface area (Å²) in [5, 5.41) is 3.15. The van der Waals surface area contributed by atoms with Crippen molar-refractivity contribution in [3.05, 3.63) is 11.9 Å². The molecule has 0 aliphatic carbocycles. The fourth-order valence-electron chi connectivity index (χ4n) is 2.48. The molecule has 4 N–H and O–H groups in total. The van der Waals surface area contributed by atoms with Crippen LogP contribution in [0.15, 0.2) is 6.07 Å². The van der Waals surface area contributed by atoms with Gasteiger partial charge in [0.05, 0.1) is 0 Å². The molecular formula is C14H24N6O. The second-order valence-corrected chi connectivity index (χ2v) is 5.35. The molecule has 0 aromatic carbocycles. The summed E-state index contributed by atoms with van der Waals surface area (Å²) in [6, 6.07) is 1.41. The Labute approximate surface area is 125 Å². The van der Waals surface area contributed by atoms with Crippen LogP contribution >= 0.6 is 0 Å². The smallest absolute Gasteiger partial charge is 0.244 e. The number of nitrogen functional groups attached to an aromatic ring is 1. The maximum atomic E-state index is 12.3. The topological polar surface area (TPSA) is 96.2 Å². The van der Waals surface area contributed by atoms with Crippen LogP contribution in [-0.4, -0.2) is 39.9 Å². The lowest BCUT2D eigenvalue weighted by atomic mass is 10.3. The van der Waals surface area contributed by atoms with Gasteiger partial charge in [0.1, 0.15) is 23.5 Å².